The molecule has 0 radical (unpaired) electrons. The number of fused-ring (bicyclic) bond motifs is 2. The van der Waals surface area contributed by atoms with Crippen LogP contribution in [0, 0.1) is 11.8 Å². The third-order valence-electron chi connectivity index (χ3n) is 5.57. The second-order valence-corrected chi connectivity index (χ2v) is 7.29. The summed E-state index contributed by atoms with van der Waals surface area (Å²) in [6.45, 7) is 9.05. The van der Waals surface area contributed by atoms with Gasteiger partial charge in [0.15, 0.2) is 0 Å². The van der Waals surface area contributed by atoms with Gasteiger partial charge in [0.05, 0.1) is 0 Å². The molecule has 2 aliphatic heterocycles. The van der Waals surface area contributed by atoms with Gasteiger partial charge in [0.2, 0.25) is 5.91 Å². The molecule has 3 nitrogen and oxygen atoms in total. The summed E-state index contributed by atoms with van der Waals surface area (Å²) in [6, 6.07) is 1.67. The fourth-order valence-electron chi connectivity index (χ4n) is 4.14. The van der Waals surface area contributed by atoms with Crippen molar-refractivity contribution in [3.8, 4) is 0 Å². The van der Waals surface area contributed by atoms with Crippen molar-refractivity contribution in [3.05, 3.63) is 0 Å². The molecular formula is C16H28N2O. The largest absolute Gasteiger partial charge is 0.334 e. The van der Waals surface area contributed by atoms with E-state index in [1.165, 1.54) is 19.3 Å². The summed E-state index contributed by atoms with van der Waals surface area (Å²) in [6.07, 6.45) is 6.00. The zero-order chi connectivity index (χ0) is 13.6. The molecule has 0 spiro atoms. The van der Waals surface area contributed by atoms with Gasteiger partial charge in [-0.2, -0.15) is 0 Å². The molecule has 2 atom stereocenters. The van der Waals surface area contributed by atoms with Crippen molar-refractivity contribution in [1.82, 2.24) is 9.80 Å². The second kappa shape index (κ2) is 5.08. The Bertz CT molecular complexity index is 335. The van der Waals surface area contributed by atoms with Gasteiger partial charge in [-0.05, 0) is 51.9 Å². The van der Waals surface area contributed by atoms with Crippen LogP contribution in [-0.4, -0.2) is 46.9 Å². The van der Waals surface area contributed by atoms with Gasteiger partial charge in [-0.15, -0.1) is 0 Å². The van der Waals surface area contributed by atoms with Gasteiger partial charge in [-0.3, -0.25) is 9.69 Å². The average Bonchev–Trinajstić information content (AvgIpc) is 2.39. The highest BCUT2D eigenvalue weighted by molar-refractivity contribution is 5.80. The van der Waals surface area contributed by atoms with Crippen LogP contribution < -0.4 is 0 Å². The zero-order valence-corrected chi connectivity index (χ0v) is 12.6. The minimum atomic E-state index is 0.340. The van der Waals surface area contributed by atoms with Crippen LogP contribution in [0.4, 0.5) is 0 Å². The Kier molecular flexibility index (Phi) is 3.59. The molecule has 0 aromatic heterocycles. The number of amides is 1. The van der Waals surface area contributed by atoms with Crippen LogP contribution in [0.2, 0.25) is 0 Å². The van der Waals surface area contributed by atoms with Gasteiger partial charge in [-0.25, -0.2) is 0 Å². The molecule has 2 bridgehead atoms. The lowest BCUT2D eigenvalue weighted by Gasteiger charge is -2.58. The first-order valence-electron chi connectivity index (χ1n) is 8.12. The average molecular weight is 264 g/mol. The van der Waals surface area contributed by atoms with Gasteiger partial charge in [-0.1, -0.05) is 6.92 Å². The first-order valence-corrected chi connectivity index (χ1v) is 8.12. The third kappa shape index (κ3) is 2.42. The van der Waals surface area contributed by atoms with E-state index in [-0.39, 0.29) is 0 Å². The molecule has 3 heteroatoms. The minimum Gasteiger partial charge on any atom is -0.334 e. The Labute approximate surface area is 117 Å². The van der Waals surface area contributed by atoms with Crippen molar-refractivity contribution < 1.29 is 4.79 Å². The van der Waals surface area contributed by atoms with Crippen molar-refractivity contribution in [3.63, 3.8) is 0 Å². The van der Waals surface area contributed by atoms with E-state index in [9.17, 15) is 4.79 Å². The van der Waals surface area contributed by atoms with Crippen LogP contribution in [-0.2, 0) is 4.79 Å². The van der Waals surface area contributed by atoms with Gasteiger partial charge in [0.1, 0.15) is 0 Å². The van der Waals surface area contributed by atoms with Crippen LogP contribution in [0.25, 0.3) is 0 Å². The predicted octanol–water partition coefficient (Wildman–Crippen LogP) is 2.51. The van der Waals surface area contributed by atoms with Crippen LogP contribution in [0.3, 0.4) is 0 Å². The molecule has 3 rings (SSSR count). The predicted molar refractivity (Wildman–Crippen MR) is 76.9 cm³/mol. The van der Waals surface area contributed by atoms with Crippen LogP contribution in [0.15, 0.2) is 0 Å². The number of piperazine rings is 1. The molecule has 1 amide bonds. The number of hydrogen-bond acceptors (Lipinski definition) is 2. The lowest BCUT2D eigenvalue weighted by molar-refractivity contribution is -0.161. The normalized spacial score (nSPS) is 39.3. The Morgan fingerprint density at radius 2 is 1.63 bits per heavy atom. The molecule has 3 aliphatic rings. The monoisotopic (exact) mass is 264 g/mol. The molecule has 1 saturated carbocycles. The Morgan fingerprint density at radius 3 is 2.16 bits per heavy atom. The highest BCUT2D eigenvalue weighted by atomic mass is 16.2. The molecule has 108 valence electrons. The molecule has 2 unspecified atom stereocenters. The maximum absolute atomic E-state index is 12.7. The number of piperidine rings is 1. The summed E-state index contributed by atoms with van der Waals surface area (Å²) in [7, 11) is 0. The number of carbonyl (C=O) groups excluding carboxylic acids is 1. The molecule has 2 heterocycles. The molecule has 0 N–H and O–H groups in total. The summed E-state index contributed by atoms with van der Waals surface area (Å²) >= 11 is 0. The van der Waals surface area contributed by atoms with Crippen molar-refractivity contribution >= 4 is 5.91 Å². The number of likely N-dealkylation sites (tertiary alicyclic amines) is 2. The van der Waals surface area contributed by atoms with Crippen molar-refractivity contribution in [2.75, 3.05) is 13.1 Å². The van der Waals surface area contributed by atoms with Crippen LogP contribution in [0.1, 0.15) is 52.9 Å². The molecule has 19 heavy (non-hydrogen) atoms. The van der Waals surface area contributed by atoms with Gasteiger partial charge >= 0.3 is 0 Å². The zero-order valence-electron chi connectivity index (χ0n) is 12.6. The second-order valence-electron chi connectivity index (χ2n) is 7.29. The maximum Gasteiger partial charge on any atom is 0.226 e. The minimum absolute atomic E-state index is 0.340. The first-order chi connectivity index (χ1) is 9.06. The number of carbonyl (C=O) groups is 1. The quantitative estimate of drug-likeness (QED) is 0.765. The van der Waals surface area contributed by atoms with Crippen molar-refractivity contribution in [2.24, 2.45) is 11.8 Å². The third-order valence-corrected chi connectivity index (χ3v) is 5.57. The highest BCUT2D eigenvalue weighted by Crippen LogP contribution is 2.37. The van der Waals surface area contributed by atoms with E-state index in [0.29, 0.717) is 30.0 Å². The molecule has 0 aromatic rings. The van der Waals surface area contributed by atoms with E-state index in [4.69, 9.17) is 0 Å². The summed E-state index contributed by atoms with van der Waals surface area (Å²) in [4.78, 5) is 17.5. The number of nitrogens with zero attached hydrogens (tertiary/aromatic N) is 2. The van der Waals surface area contributed by atoms with E-state index in [1.807, 2.05) is 0 Å². The standard InChI is InChI=1S/C16H28N2O/c1-11(2)17-9-14-8-15(10-17)18(14)16(19)13-6-4-12(3)5-7-13/h11-15H,4-10H2,1-3H3. The fraction of sp³-hybridized carbons (Fsp3) is 0.938. The highest BCUT2D eigenvalue weighted by Gasteiger charge is 2.48. The SMILES string of the molecule is CC1CCC(C(=O)N2C3CC2CN(C(C)C)C3)CC1. The van der Waals surface area contributed by atoms with Crippen molar-refractivity contribution in [1.29, 1.82) is 0 Å². The molecule has 3 fully saturated rings. The summed E-state index contributed by atoms with van der Waals surface area (Å²) < 4.78 is 0. The molecule has 1 aliphatic carbocycles. The van der Waals surface area contributed by atoms with E-state index in [0.717, 1.165) is 31.8 Å². The summed E-state index contributed by atoms with van der Waals surface area (Å²) in [5, 5.41) is 0. The number of hydrogen-bond donors (Lipinski definition) is 0. The molecule has 2 saturated heterocycles. The Balaban J connectivity index is 1.58. The number of rotatable bonds is 2. The fourth-order valence-corrected chi connectivity index (χ4v) is 4.14. The van der Waals surface area contributed by atoms with Crippen LogP contribution >= 0.6 is 0 Å². The van der Waals surface area contributed by atoms with E-state index < -0.39 is 0 Å². The smallest absolute Gasteiger partial charge is 0.226 e. The van der Waals surface area contributed by atoms with Crippen LogP contribution in [0.5, 0.6) is 0 Å². The maximum atomic E-state index is 12.7. The first kappa shape index (κ1) is 13.4. The van der Waals surface area contributed by atoms with E-state index in [1.54, 1.807) is 0 Å². The van der Waals surface area contributed by atoms with Gasteiger partial charge in [0.25, 0.3) is 0 Å². The van der Waals surface area contributed by atoms with Crippen molar-refractivity contribution in [2.45, 2.75) is 71.0 Å². The Morgan fingerprint density at radius 1 is 1.05 bits per heavy atom. The van der Waals surface area contributed by atoms with Gasteiger partial charge in [0, 0.05) is 37.1 Å². The molecule has 0 aromatic carbocycles. The lowest BCUT2D eigenvalue weighted by atomic mass is 9.79. The van der Waals surface area contributed by atoms with Gasteiger partial charge < -0.3 is 4.90 Å². The lowest BCUT2D eigenvalue weighted by Crippen LogP contribution is -2.71. The topological polar surface area (TPSA) is 23.6 Å². The van der Waals surface area contributed by atoms with E-state index >= 15 is 0 Å². The Hall–Kier alpha value is -0.570. The molecular weight excluding hydrogens is 236 g/mol. The van der Waals surface area contributed by atoms with E-state index in [2.05, 4.69) is 30.6 Å². The summed E-state index contributed by atoms with van der Waals surface area (Å²) in [5.41, 5.74) is 0. The summed E-state index contributed by atoms with van der Waals surface area (Å²) in [5.74, 6) is 1.65.